The van der Waals surface area contributed by atoms with Gasteiger partial charge in [-0.1, -0.05) is 22.0 Å². The Morgan fingerprint density at radius 2 is 2.12 bits per heavy atom. The Morgan fingerprint density at radius 1 is 1.33 bits per heavy atom. The molecule has 1 aliphatic heterocycles. The molecule has 2 aromatic carbocycles. The first-order valence-electron chi connectivity index (χ1n) is 7.42. The summed E-state index contributed by atoms with van der Waals surface area (Å²) in [5.74, 6) is 0.284. The molecular formula is C17H15BrN2O3S. The molecule has 0 unspecified atom stereocenters. The van der Waals surface area contributed by atoms with Crippen molar-refractivity contribution < 1.29 is 9.72 Å². The first kappa shape index (κ1) is 17.0. The lowest BCUT2D eigenvalue weighted by Crippen LogP contribution is -2.30. The Bertz CT molecular complexity index is 825. The summed E-state index contributed by atoms with van der Waals surface area (Å²) >= 11 is 4.92. The highest BCUT2D eigenvalue weighted by atomic mass is 79.9. The van der Waals surface area contributed by atoms with E-state index in [-0.39, 0.29) is 11.6 Å². The summed E-state index contributed by atoms with van der Waals surface area (Å²) in [4.78, 5) is 25.8. The van der Waals surface area contributed by atoms with Crippen molar-refractivity contribution >= 4 is 45.0 Å². The van der Waals surface area contributed by atoms with Crippen LogP contribution in [0, 0.1) is 17.0 Å². The lowest BCUT2D eigenvalue weighted by atomic mass is 10.1. The minimum absolute atomic E-state index is 0.0184. The van der Waals surface area contributed by atoms with Crippen LogP contribution in [0.25, 0.3) is 0 Å². The van der Waals surface area contributed by atoms with Gasteiger partial charge in [0.25, 0.3) is 5.69 Å². The molecule has 3 rings (SSSR count). The van der Waals surface area contributed by atoms with Gasteiger partial charge in [-0.05, 0) is 42.7 Å². The van der Waals surface area contributed by atoms with E-state index in [1.807, 2.05) is 25.1 Å². The van der Waals surface area contributed by atoms with E-state index in [1.54, 1.807) is 11.0 Å². The van der Waals surface area contributed by atoms with Crippen LogP contribution in [0.3, 0.4) is 0 Å². The van der Waals surface area contributed by atoms with Crippen molar-refractivity contribution in [1.82, 2.24) is 0 Å². The summed E-state index contributed by atoms with van der Waals surface area (Å²) in [6.07, 6.45) is 0.737. The van der Waals surface area contributed by atoms with E-state index in [0.29, 0.717) is 18.0 Å². The molecule has 0 fully saturated rings. The summed E-state index contributed by atoms with van der Waals surface area (Å²) in [5, 5.41) is 10.9. The van der Waals surface area contributed by atoms with Crippen molar-refractivity contribution in [1.29, 1.82) is 0 Å². The van der Waals surface area contributed by atoms with Crippen LogP contribution in [-0.2, 0) is 11.2 Å². The van der Waals surface area contributed by atoms with Crippen molar-refractivity contribution in [2.45, 2.75) is 18.2 Å². The lowest BCUT2D eigenvalue weighted by Gasteiger charge is -2.17. The van der Waals surface area contributed by atoms with Crippen LogP contribution in [0.15, 0.2) is 45.8 Å². The van der Waals surface area contributed by atoms with Crippen molar-refractivity contribution in [2.75, 3.05) is 17.2 Å². The molecule has 0 aromatic heterocycles. The van der Waals surface area contributed by atoms with E-state index in [9.17, 15) is 14.9 Å². The normalized spacial score (nSPS) is 13.0. The number of thioether (sulfide) groups is 1. The average molecular weight is 407 g/mol. The fourth-order valence-electron chi connectivity index (χ4n) is 2.73. The number of anilines is 1. The maximum absolute atomic E-state index is 12.6. The zero-order chi connectivity index (χ0) is 17.3. The molecule has 24 heavy (non-hydrogen) atoms. The van der Waals surface area contributed by atoms with Crippen LogP contribution in [-0.4, -0.2) is 23.1 Å². The molecule has 5 nitrogen and oxygen atoms in total. The first-order chi connectivity index (χ1) is 11.5. The molecule has 0 aliphatic carbocycles. The standard InChI is InChI=1S/C17H15BrN2O3S/c1-11-8-13(18)3-5-16(11)24-10-17(21)19-7-6-12-2-4-14(20(22)23)9-15(12)19/h2-5,8-9H,6-7,10H2,1H3. The summed E-state index contributed by atoms with van der Waals surface area (Å²) < 4.78 is 1.01. The number of halogens is 1. The van der Waals surface area contributed by atoms with Gasteiger partial charge in [-0.25, -0.2) is 0 Å². The molecule has 7 heteroatoms. The van der Waals surface area contributed by atoms with Gasteiger partial charge in [0.15, 0.2) is 0 Å². The van der Waals surface area contributed by atoms with Crippen molar-refractivity contribution in [3.8, 4) is 0 Å². The number of amides is 1. The number of nitro groups is 1. The lowest BCUT2D eigenvalue weighted by molar-refractivity contribution is -0.384. The number of benzene rings is 2. The van der Waals surface area contributed by atoms with Crippen LogP contribution in [0.4, 0.5) is 11.4 Å². The van der Waals surface area contributed by atoms with Crippen molar-refractivity contribution in [2.24, 2.45) is 0 Å². The molecule has 0 saturated carbocycles. The summed E-state index contributed by atoms with van der Waals surface area (Å²) in [5.41, 5.74) is 2.78. The van der Waals surface area contributed by atoms with Crippen LogP contribution in [0.5, 0.6) is 0 Å². The number of fused-ring (bicyclic) bond motifs is 1. The number of carbonyl (C=O) groups is 1. The van der Waals surface area contributed by atoms with Gasteiger partial charge in [0.2, 0.25) is 5.91 Å². The van der Waals surface area contributed by atoms with Gasteiger partial charge in [-0.2, -0.15) is 0 Å². The minimum Gasteiger partial charge on any atom is -0.311 e. The molecule has 0 N–H and O–H groups in total. The van der Waals surface area contributed by atoms with Crippen molar-refractivity contribution in [3.63, 3.8) is 0 Å². The molecule has 1 amide bonds. The maximum Gasteiger partial charge on any atom is 0.271 e. The Balaban J connectivity index is 1.73. The molecule has 1 heterocycles. The van der Waals surface area contributed by atoms with Crippen LogP contribution in [0.2, 0.25) is 0 Å². The SMILES string of the molecule is Cc1cc(Br)ccc1SCC(=O)N1CCc2ccc([N+](=O)[O-])cc21. The van der Waals surface area contributed by atoms with Gasteiger partial charge < -0.3 is 4.90 Å². The topological polar surface area (TPSA) is 63.5 Å². The van der Waals surface area contributed by atoms with Gasteiger partial charge in [0.05, 0.1) is 16.4 Å². The highest BCUT2D eigenvalue weighted by Crippen LogP contribution is 2.33. The number of hydrogen-bond acceptors (Lipinski definition) is 4. The second kappa shape index (κ2) is 6.94. The molecule has 2 aromatic rings. The van der Waals surface area contributed by atoms with E-state index < -0.39 is 4.92 Å². The third-order valence-corrected chi connectivity index (χ3v) is 5.62. The maximum atomic E-state index is 12.6. The fourth-order valence-corrected chi connectivity index (χ4v) is 4.09. The molecule has 0 spiro atoms. The molecule has 0 saturated heterocycles. The third kappa shape index (κ3) is 3.47. The van der Waals surface area contributed by atoms with Gasteiger partial charge in [0, 0.05) is 28.0 Å². The predicted octanol–water partition coefficient (Wildman–Crippen LogP) is 4.35. The zero-order valence-electron chi connectivity index (χ0n) is 13.0. The van der Waals surface area contributed by atoms with E-state index in [0.717, 1.165) is 26.9 Å². The van der Waals surface area contributed by atoms with E-state index >= 15 is 0 Å². The van der Waals surface area contributed by atoms with Gasteiger partial charge in [0.1, 0.15) is 0 Å². The molecule has 124 valence electrons. The molecule has 0 bridgehead atoms. The summed E-state index contributed by atoms with van der Waals surface area (Å²) in [6, 6.07) is 10.7. The Morgan fingerprint density at radius 3 is 2.83 bits per heavy atom. The predicted molar refractivity (Wildman–Crippen MR) is 98.8 cm³/mol. The monoisotopic (exact) mass is 406 g/mol. The van der Waals surface area contributed by atoms with Gasteiger partial charge in [-0.15, -0.1) is 11.8 Å². The number of carbonyl (C=O) groups excluding carboxylic acids is 1. The fraction of sp³-hybridized carbons (Fsp3) is 0.235. The number of nitro benzene ring substituents is 1. The summed E-state index contributed by atoms with van der Waals surface area (Å²) in [6.45, 7) is 2.58. The largest absolute Gasteiger partial charge is 0.311 e. The highest BCUT2D eigenvalue weighted by molar-refractivity contribution is 9.10. The summed E-state index contributed by atoms with van der Waals surface area (Å²) in [7, 11) is 0. The molecule has 1 aliphatic rings. The Labute approximate surface area is 152 Å². The number of hydrogen-bond donors (Lipinski definition) is 0. The molecular weight excluding hydrogens is 392 g/mol. The minimum atomic E-state index is -0.429. The van der Waals surface area contributed by atoms with E-state index in [2.05, 4.69) is 15.9 Å². The van der Waals surface area contributed by atoms with Gasteiger partial charge >= 0.3 is 0 Å². The number of aryl methyl sites for hydroxylation is 1. The highest BCUT2D eigenvalue weighted by Gasteiger charge is 2.26. The van der Waals surface area contributed by atoms with Crippen LogP contribution >= 0.6 is 27.7 Å². The molecule has 0 atom stereocenters. The first-order valence-corrected chi connectivity index (χ1v) is 9.20. The Kier molecular flexibility index (Phi) is 4.91. The van der Waals surface area contributed by atoms with E-state index in [4.69, 9.17) is 0 Å². The smallest absolute Gasteiger partial charge is 0.271 e. The number of rotatable bonds is 4. The number of non-ortho nitro benzene ring substituents is 1. The average Bonchev–Trinajstić information content (AvgIpc) is 2.96. The third-order valence-electron chi connectivity index (χ3n) is 3.96. The zero-order valence-corrected chi connectivity index (χ0v) is 15.4. The molecule has 0 radical (unpaired) electrons. The van der Waals surface area contributed by atoms with Crippen LogP contribution < -0.4 is 4.90 Å². The van der Waals surface area contributed by atoms with Crippen molar-refractivity contribution in [3.05, 3.63) is 62.1 Å². The second-order valence-electron chi connectivity index (χ2n) is 5.56. The van der Waals surface area contributed by atoms with Gasteiger partial charge in [-0.3, -0.25) is 14.9 Å². The Hall–Kier alpha value is -1.86. The quantitative estimate of drug-likeness (QED) is 0.430. The second-order valence-corrected chi connectivity index (χ2v) is 7.50. The van der Waals surface area contributed by atoms with E-state index in [1.165, 1.54) is 23.9 Å². The number of nitrogens with zero attached hydrogens (tertiary/aromatic N) is 2. The van der Waals surface area contributed by atoms with Crippen LogP contribution in [0.1, 0.15) is 11.1 Å².